The van der Waals surface area contributed by atoms with E-state index in [1.165, 1.54) is 6.61 Å². The van der Waals surface area contributed by atoms with Crippen molar-refractivity contribution in [3.63, 3.8) is 0 Å². The zero-order chi connectivity index (χ0) is 7.11. The molecule has 3 heteroatoms. The summed E-state index contributed by atoms with van der Waals surface area (Å²) in [5, 5.41) is 0. The molecule has 9 heavy (non-hydrogen) atoms. The van der Waals surface area contributed by atoms with Crippen molar-refractivity contribution in [1.29, 1.82) is 0 Å². The van der Waals surface area contributed by atoms with Gasteiger partial charge in [-0.15, -0.1) is 11.6 Å². The second kappa shape index (κ2) is 5.89. The Balaban J connectivity index is 3.06. The lowest BCUT2D eigenvalue weighted by Crippen LogP contribution is -2.00. The third-order valence-electron chi connectivity index (χ3n) is 0.764. The molecule has 0 N–H and O–H groups in total. The number of esters is 1. The van der Waals surface area contributed by atoms with Crippen LogP contribution < -0.4 is 0 Å². The summed E-state index contributed by atoms with van der Waals surface area (Å²) in [4.78, 5) is 10.5. The van der Waals surface area contributed by atoms with Crippen molar-refractivity contribution in [3.05, 3.63) is 6.61 Å². The Morgan fingerprint density at radius 3 is 2.89 bits per heavy atom. The van der Waals surface area contributed by atoms with E-state index >= 15 is 0 Å². The molecule has 0 atom stereocenters. The number of carbonyl (C=O) groups is 1. The van der Waals surface area contributed by atoms with Crippen LogP contribution in [0.15, 0.2) is 0 Å². The highest BCUT2D eigenvalue weighted by molar-refractivity contribution is 6.17. The molecule has 0 spiro atoms. The predicted octanol–water partition coefficient (Wildman–Crippen LogP) is 1.73. The van der Waals surface area contributed by atoms with Crippen LogP contribution in [0.1, 0.15) is 19.8 Å². The summed E-state index contributed by atoms with van der Waals surface area (Å²) in [5.74, 6) is 0.303. The van der Waals surface area contributed by atoms with Crippen LogP contribution in [-0.2, 0) is 9.53 Å². The van der Waals surface area contributed by atoms with Crippen LogP contribution in [0, 0.1) is 6.61 Å². The molecule has 0 aromatic rings. The van der Waals surface area contributed by atoms with Gasteiger partial charge in [0.1, 0.15) is 6.61 Å². The van der Waals surface area contributed by atoms with Gasteiger partial charge in [0.15, 0.2) is 0 Å². The van der Waals surface area contributed by atoms with Gasteiger partial charge in [0.25, 0.3) is 0 Å². The summed E-state index contributed by atoms with van der Waals surface area (Å²) in [6, 6.07) is 0. The zero-order valence-electron chi connectivity index (χ0n) is 5.39. The first-order chi connectivity index (χ1) is 4.31. The highest BCUT2D eigenvalue weighted by atomic mass is 35.5. The van der Waals surface area contributed by atoms with Gasteiger partial charge in [0, 0.05) is 12.3 Å². The van der Waals surface area contributed by atoms with Crippen LogP contribution in [0.4, 0.5) is 0 Å². The van der Waals surface area contributed by atoms with Gasteiger partial charge >= 0.3 is 5.97 Å². The summed E-state index contributed by atoms with van der Waals surface area (Å²) in [5.41, 5.74) is 0. The molecular weight excluding hydrogens is 140 g/mol. The zero-order valence-corrected chi connectivity index (χ0v) is 6.15. The van der Waals surface area contributed by atoms with E-state index in [0.717, 1.165) is 0 Å². The molecule has 0 saturated carbocycles. The maximum atomic E-state index is 10.5. The van der Waals surface area contributed by atoms with Crippen LogP contribution in [-0.4, -0.2) is 11.8 Å². The van der Waals surface area contributed by atoms with Gasteiger partial charge in [-0.2, -0.15) is 0 Å². The molecule has 0 aliphatic heterocycles. The number of hydrogen-bond acceptors (Lipinski definition) is 2. The van der Waals surface area contributed by atoms with E-state index in [0.29, 0.717) is 18.7 Å². The largest absolute Gasteiger partial charge is 0.459 e. The minimum atomic E-state index is -0.210. The fraction of sp³-hybridized carbons (Fsp3) is 0.667. The Labute approximate surface area is 60.1 Å². The van der Waals surface area contributed by atoms with Crippen LogP contribution >= 0.6 is 11.6 Å². The van der Waals surface area contributed by atoms with E-state index < -0.39 is 0 Å². The number of halogens is 1. The second-order valence-corrected chi connectivity index (χ2v) is 1.90. The van der Waals surface area contributed by atoms with Crippen LogP contribution in [0.3, 0.4) is 0 Å². The lowest BCUT2D eigenvalue weighted by Gasteiger charge is -1.96. The first-order valence-corrected chi connectivity index (χ1v) is 3.38. The molecule has 0 bridgehead atoms. The van der Waals surface area contributed by atoms with Gasteiger partial charge in [-0.05, 0) is 13.3 Å². The SMILES string of the molecule is C[CH]OC(=O)CCCCl. The maximum absolute atomic E-state index is 10.5. The summed E-state index contributed by atoms with van der Waals surface area (Å²) in [6.07, 6.45) is 1.10. The summed E-state index contributed by atoms with van der Waals surface area (Å²) in [6.45, 7) is 3.04. The number of hydrogen-bond donors (Lipinski definition) is 0. The molecule has 0 unspecified atom stereocenters. The fourth-order valence-corrected chi connectivity index (χ4v) is 0.535. The smallest absolute Gasteiger partial charge is 0.306 e. The fourth-order valence-electron chi connectivity index (χ4n) is 0.402. The average Bonchev–Trinajstić information content (AvgIpc) is 1.85. The van der Waals surface area contributed by atoms with Crippen molar-refractivity contribution in [3.8, 4) is 0 Å². The first-order valence-electron chi connectivity index (χ1n) is 2.84. The number of alkyl halides is 1. The lowest BCUT2D eigenvalue weighted by atomic mass is 10.3. The second-order valence-electron chi connectivity index (χ2n) is 1.52. The molecule has 0 aromatic carbocycles. The van der Waals surface area contributed by atoms with E-state index in [-0.39, 0.29) is 5.97 Å². The third kappa shape index (κ3) is 5.63. The van der Waals surface area contributed by atoms with Crippen molar-refractivity contribution >= 4 is 17.6 Å². The normalized spacial score (nSPS) is 9.11. The van der Waals surface area contributed by atoms with E-state index in [1.807, 2.05) is 0 Å². The monoisotopic (exact) mass is 149 g/mol. The average molecular weight is 150 g/mol. The standard InChI is InChI=1S/C6H10ClO2/c1-2-9-6(8)4-3-5-7/h2H,3-5H2,1H3. The lowest BCUT2D eigenvalue weighted by molar-refractivity contribution is -0.139. The highest BCUT2D eigenvalue weighted by Gasteiger charge is 1.98. The van der Waals surface area contributed by atoms with Crippen molar-refractivity contribution in [2.75, 3.05) is 5.88 Å². The van der Waals surface area contributed by atoms with Crippen molar-refractivity contribution in [2.24, 2.45) is 0 Å². The molecule has 53 valence electrons. The molecular formula is C6H10ClO2. The minimum Gasteiger partial charge on any atom is -0.459 e. The molecule has 0 rings (SSSR count). The van der Waals surface area contributed by atoms with Gasteiger partial charge in [-0.1, -0.05) is 0 Å². The Morgan fingerprint density at radius 2 is 2.44 bits per heavy atom. The highest BCUT2D eigenvalue weighted by Crippen LogP contribution is 1.95. The van der Waals surface area contributed by atoms with Gasteiger partial charge in [0.05, 0.1) is 0 Å². The molecule has 0 fully saturated rings. The van der Waals surface area contributed by atoms with E-state index in [1.54, 1.807) is 6.92 Å². The summed E-state index contributed by atoms with van der Waals surface area (Å²) in [7, 11) is 0. The quantitative estimate of drug-likeness (QED) is 0.450. The molecule has 1 radical (unpaired) electrons. The van der Waals surface area contributed by atoms with Crippen LogP contribution in [0.25, 0.3) is 0 Å². The van der Waals surface area contributed by atoms with Gasteiger partial charge in [-0.25, -0.2) is 0 Å². The first kappa shape index (κ1) is 8.76. The van der Waals surface area contributed by atoms with E-state index in [2.05, 4.69) is 4.74 Å². The van der Waals surface area contributed by atoms with Crippen molar-refractivity contribution < 1.29 is 9.53 Å². The van der Waals surface area contributed by atoms with Crippen molar-refractivity contribution in [2.45, 2.75) is 19.8 Å². The molecule has 2 nitrogen and oxygen atoms in total. The number of ether oxygens (including phenoxy) is 1. The Kier molecular flexibility index (Phi) is 5.73. The molecule has 0 saturated heterocycles. The summed E-state index contributed by atoms with van der Waals surface area (Å²) >= 11 is 5.33. The van der Waals surface area contributed by atoms with Crippen LogP contribution in [0.5, 0.6) is 0 Å². The van der Waals surface area contributed by atoms with Crippen molar-refractivity contribution in [1.82, 2.24) is 0 Å². The Morgan fingerprint density at radius 1 is 1.78 bits per heavy atom. The topological polar surface area (TPSA) is 26.3 Å². The molecule has 0 heterocycles. The molecule has 0 aliphatic carbocycles. The summed E-state index contributed by atoms with van der Waals surface area (Å²) < 4.78 is 4.52. The number of carbonyl (C=O) groups excluding carboxylic acids is 1. The molecule has 0 aliphatic rings. The molecule has 0 amide bonds. The Bertz CT molecular complexity index is 83.1. The van der Waals surface area contributed by atoms with E-state index in [4.69, 9.17) is 11.6 Å². The predicted molar refractivity (Wildman–Crippen MR) is 36.0 cm³/mol. The Hall–Kier alpha value is -0.240. The van der Waals surface area contributed by atoms with Gasteiger partial charge in [-0.3, -0.25) is 4.79 Å². The van der Waals surface area contributed by atoms with Gasteiger partial charge < -0.3 is 4.74 Å². The molecule has 0 aromatic heterocycles. The minimum absolute atomic E-state index is 0.210. The number of rotatable bonds is 4. The third-order valence-corrected chi connectivity index (χ3v) is 1.03. The van der Waals surface area contributed by atoms with Crippen LogP contribution in [0.2, 0.25) is 0 Å². The van der Waals surface area contributed by atoms with E-state index in [9.17, 15) is 4.79 Å². The van der Waals surface area contributed by atoms with Gasteiger partial charge in [0.2, 0.25) is 0 Å². The maximum Gasteiger partial charge on any atom is 0.306 e.